The zero-order valence-electron chi connectivity index (χ0n) is 40.6. The van der Waals surface area contributed by atoms with Gasteiger partial charge in [-0.2, -0.15) is 9.10 Å². The first kappa shape index (κ1) is 51.6. The normalized spacial score (nSPS) is 11.9. The SMILES string of the molecule is COc1ccc(CN(Cc2ccc(OC)cc2)S(=O)(=O)c2c(S(=O)(=O)CCNC(=O)OC(C)(C)C)ccc(-c3cncc4sc(NC(=O)c5ccccc5)nc34)c2-c2nnn(Cc3ccc(OC)cc3)n2)cc1. The number of sulfone groups is 1. The van der Waals surface area contributed by atoms with Gasteiger partial charge in [0.2, 0.25) is 15.8 Å². The number of thiazole rings is 1. The monoisotopic (exact) mass is 1050 g/mol. The van der Waals surface area contributed by atoms with Crippen molar-refractivity contribution in [1.82, 2.24) is 39.8 Å². The molecule has 0 aliphatic rings. The summed E-state index contributed by atoms with van der Waals surface area (Å²) in [7, 11) is -5.09. The minimum atomic E-state index is -5.02. The summed E-state index contributed by atoms with van der Waals surface area (Å²) in [6.07, 6.45) is 2.16. The molecule has 19 nitrogen and oxygen atoms in total. The Kier molecular flexibility index (Phi) is 15.5. The number of hydrogen-bond acceptors (Lipinski definition) is 16. The van der Waals surface area contributed by atoms with E-state index in [0.29, 0.717) is 44.2 Å². The predicted octanol–water partition coefficient (Wildman–Crippen LogP) is 8.03. The summed E-state index contributed by atoms with van der Waals surface area (Å²) in [5.74, 6) is 0.294. The number of anilines is 1. The largest absolute Gasteiger partial charge is 0.497 e. The van der Waals surface area contributed by atoms with E-state index < -0.39 is 59.6 Å². The number of pyridine rings is 1. The minimum absolute atomic E-state index is 0.0808. The van der Waals surface area contributed by atoms with Gasteiger partial charge in [0.1, 0.15) is 27.7 Å². The Morgan fingerprint density at radius 2 is 1.32 bits per heavy atom. The first-order valence-corrected chi connectivity index (χ1v) is 26.5. The summed E-state index contributed by atoms with van der Waals surface area (Å²) in [5.41, 5.74) is 1.83. The molecule has 0 aliphatic heterocycles. The van der Waals surface area contributed by atoms with Gasteiger partial charge in [-0.1, -0.05) is 72.0 Å². The second-order valence-electron chi connectivity index (χ2n) is 17.4. The highest BCUT2D eigenvalue weighted by atomic mass is 32.2. The molecule has 3 aromatic heterocycles. The molecule has 8 rings (SSSR count). The quantitative estimate of drug-likeness (QED) is 0.0780. The van der Waals surface area contributed by atoms with Crippen molar-refractivity contribution in [3.8, 4) is 39.8 Å². The molecule has 2 amide bonds. The van der Waals surface area contributed by atoms with E-state index in [1.807, 2.05) is 0 Å². The number of methoxy groups -OCH3 is 3. The molecule has 3 heterocycles. The topological polar surface area (TPSA) is 236 Å². The number of rotatable bonds is 19. The molecular formula is C51H51N9O10S3. The molecule has 0 aliphatic carbocycles. The Labute approximate surface area is 426 Å². The minimum Gasteiger partial charge on any atom is -0.497 e. The van der Waals surface area contributed by atoms with Gasteiger partial charge >= 0.3 is 6.09 Å². The van der Waals surface area contributed by atoms with Gasteiger partial charge in [-0.3, -0.25) is 15.1 Å². The van der Waals surface area contributed by atoms with Crippen LogP contribution in [0.2, 0.25) is 0 Å². The smallest absolute Gasteiger partial charge is 0.407 e. The lowest BCUT2D eigenvalue weighted by molar-refractivity contribution is 0.0531. The number of carbonyl (C=O) groups is 2. The maximum Gasteiger partial charge on any atom is 0.407 e. The number of alkyl carbamates (subject to hydrolysis) is 1. The van der Waals surface area contributed by atoms with Crippen LogP contribution in [0.3, 0.4) is 0 Å². The fourth-order valence-electron chi connectivity index (χ4n) is 7.61. The molecule has 8 aromatic rings. The predicted molar refractivity (Wildman–Crippen MR) is 275 cm³/mol. The number of aromatic nitrogens is 6. The Morgan fingerprint density at radius 1 is 0.726 bits per heavy atom. The molecule has 0 bridgehead atoms. The number of hydrogen-bond donors (Lipinski definition) is 2. The summed E-state index contributed by atoms with van der Waals surface area (Å²) in [5, 5.41) is 19.1. The Morgan fingerprint density at radius 3 is 1.89 bits per heavy atom. The third-order valence-corrected chi connectivity index (χ3v) is 15.8. The summed E-state index contributed by atoms with van der Waals surface area (Å²) in [6, 6.07) is 32.0. The van der Waals surface area contributed by atoms with E-state index in [9.17, 15) is 18.0 Å². The first-order valence-electron chi connectivity index (χ1n) is 22.6. The second-order valence-corrected chi connectivity index (χ2v) is 22.4. The van der Waals surface area contributed by atoms with Crippen LogP contribution in [0, 0.1) is 0 Å². The Balaban J connectivity index is 1.36. The van der Waals surface area contributed by atoms with E-state index in [4.69, 9.17) is 29.0 Å². The van der Waals surface area contributed by atoms with E-state index in [2.05, 4.69) is 25.9 Å². The third kappa shape index (κ3) is 12.3. The molecule has 0 radical (unpaired) electrons. The number of ether oxygens (including phenoxy) is 4. The van der Waals surface area contributed by atoms with Gasteiger partial charge in [0.05, 0.1) is 54.3 Å². The molecule has 0 saturated heterocycles. The fourth-order valence-corrected chi connectivity index (χ4v) is 12.1. The van der Waals surface area contributed by atoms with Gasteiger partial charge in [0.25, 0.3) is 5.91 Å². The maximum absolute atomic E-state index is 16.2. The van der Waals surface area contributed by atoms with Crippen LogP contribution in [-0.2, 0) is 44.2 Å². The van der Waals surface area contributed by atoms with Crippen LogP contribution in [0.1, 0.15) is 47.8 Å². The van der Waals surface area contributed by atoms with Crippen molar-refractivity contribution in [2.45, 2.75) is 55.8 Å². The van der Waals surface area contributed by atoms with Crippen LogP contribution in [0.25, 0.3) is 32.7 Å². The standard InChI is InChI=1S/C51H51N9O10S3/c1-51(2,3)70-50(62)53-26-27-72(63,64)43-25-24-40(41-28-52-29-42-45(41)54-49(71-42)55-48(61)36-10-8-7-9-11-36)44(47-56-58-60(57-47)32-35-16-22-39(69-6)23-17-35)46(43)73(65,66)59(30-33-12-18-37(67-4)19-13-33)31-34-14-20-38(68-5)21-15-34/h7-25,28-29H,26-27,30-32H2,1-6H3,(H,53,62)(H,54,55,61). The van der Waals surface area contributed by atoms with Crippen molar-refractivity contribution in [3.63, 3.8) is 0 Å². The van der Waals surface area contributed by atoms with E-state index in [1.54, 1.807) is 137 Å². The van der Waals surface area contributed by atoms with Crippen molar-refractivity contribution >= 4 is 58.5 Å². The highest BCUT2D eigenvalue weighted by Crippen LogP contribution is 2.44. The number of sulfonamides is 1. The van der Waals surface area contributed by atoms with Crippen molar-refractivity contribution < 1.29 is 45.4 Å². The molecule has 0 unspecified atom stereocenters. The number of amides is 2. The second kappa shape index (κ2) is 21.9. The van der Waals surface area contributed by atoms with Crippen LogP contribution in [0.4, 0.5) is 9.93 Å². The number of tetrazole rings is 1. The molecule has 0 fully saturated rings. The van der Waals surface area contributed by atoms with Gasteiger partial charge < -0.3 is 24.3 Å². The summed E-state index contributed by atoms with van der Waals surface area (Å²) in [6.45, 7) is 4.15. The lowest BCUT2D eigenvalue weighted by Crippen LogP contribution is -2.35. The van der Waals surface area contributed by atoms with E-state index in [0.717, 1.165) is 21.2 Å². The third-order valence-electron chi connectivity index (χ3n) is 11.1. The van der Waals surface area contributed by atoms with Gasteiger partial charge in [-0.15, -0.1) is 10.2 Å². The number of nitrogens with zero attached hydrogens (tertiary/aromatic N) is 7. The molecule has 0 saturated carbocycles. The first-order chi connectivity index (χ1) is 34.9. The molecule has 73 heavy (non-hydrogen) atoms. The van der Waals surface area contributed by atoms with Crippen LogP contribution >= 0.6 is 11.3 Å². The molecule has 2 N–H and O–H groups in total. The molecule has 378 valence electrons. The van der Waals surface area contributed by atoms with Crippen molar-refractivity contribution in [1.29, 1.82) is 0 Å². The van der Waals surface area contributed by atoms with E-state index >= 15 is 8.42 Å². The molecule has 0 atom stereocenters. The summed E-state index contributed by atoms with van der Waals surface area (Å²) in [4.78, 5) is 35.4. The Bertz CT molecular complexity index is 3430. The van der Waals surface area contributed by atoms with Crippen molar-refractivity contribution in [3.05, 3.63) is 150 Å². The van der Waals surface area contributed by atoms with E-state index in [1.165, 1.54) is 37.3 Å². The van der Waals surface area contributed by atoms with Gasteiger partial charge in [-0.25, -0.2) is 26.6 Å². The molecule has 5 aromatic carbocycles. The summed E-state index contributed by atoms with van der Waals surface area (Å²) >= 11 is 1.14. The van der Waals surface area contributed by atoms with Crippen LogP contribution in [0.5, 0.6) is 17.2 Å². The number of fused-ring (bicyclic) bond motifs is 1. The van der Waals surface area contributed by atoms with Crippen LogP contribution in [-0.4, -0.2) is 103 Å². The number of carbonyl (C=O) groups excluding carboxylic acids is 2. The molecule has 0 spiro atoms. The van der Waals surface area contributed by atoms with Gasteiger partial charge in [-0.05, 0) is 103 Å². The fraction of sp³-hybridized carbons (Fsp3) is 0.235. The Hall–Kier alpha value is -7.79. The van der Waals surface area contributed by atoms with Gasteiger partial charge in [0, 0.05) is 43.2 Å². The molecular weight excluding hydrogens is 995 g/mol. The lowest BCUT2D eigenvalue weighted by Gasteiger charge is -2.26. The van der Waals surface area contributed by atoms with Crippen molar-refractivity contribution in [2.24, 2.45) is 0 Å². The maximum atomic E-state index is 16.2. The number of nitrogens with one attached hydrogen (secondary N) is 2. The summed E-state index contributed by atoms with van der Waals surface area (Å²) < 4.78 is 85.5. The zero-order valence-corrected chi connectivity index (χ0v) is 43.0. The average molecular weight is 1050 g/mol. The highest BCUT2D eigenvalue weighted by Gasteiger charge is 2.38. The lowest BCUT2D eigenvalue weighted by atomic mass is 9.99. The number of benzene rings is 5. The highest BCUT2D eigenvalue weighted by molar-refractivity contribution is 7.93. The average Bonchev–Trinajstić information content (AvgIpc) is 4.02. The zero-order chi connectivity index (χ0) is 51.9. The van der Waals surface area contributed by atoms with Crippen LogP contribution < -0.4 is 24.8 Å². The van der Waals surface area contributed by atoms with Crippen molar-refractivity contribution in [2.75, 3.05) is 38.9 Å². The van der Waals surface area contributed by atoms with Crippen LogP contribution in [0.15, 0.2) is 137 Å². The van der Waals surface area contributed by atoms with Gasteiger partial charge in [0.15, 0.2) is 15.0 Å². The van der Waals surface area contributed by atoms with E-state index in [-0.39, 0.29) is 47.3 Å². The molecule has 22 heteroatoms.